The Morgan fingerprint density at radius 1 is 0.574 bits per heavy atom. The van der Waals surface area contributed by atoms with E-state index in [0.717, 1.165) is 14.8 Å². The number of amides is 12. The Morgan fingerprint density at radius 3 is 1.51 bits per heavy atom. The van der Waals surface area contributed by atoms with Crippen LogP contribution in [0.1, 0.15) is 162 Å². The Bertz CT molecular complexity index is 3080. The van der Waals surface area contributed by atoms with Crippen molar-refractivity contribution in [1.29, 1.82) is 0 Å². The summed E-state index contributed by atoms with van der Waals surface area (Å²) in [4.78, 5) is 189. The number of aliphatic hydroxyl groups excluding tert-OH is 1. The first-order valence-electron chi connectivity index (χ1n) is 35.0. The van der Waals surface area contributed by atoms with E-state index in [-0.39, 0.29) is 74.0 Å². The van der Waals surface area contributed by atoms with Crippen LogP contribution >= 0.6 is 0 Å². The molecule has 0 saturated carbocycles. The summed E-state index contributed by atoms with van der Waals surface area (Å²) in [6.45, 7) is 30.0. The van der Waals surface area contributed by atoms with Crippen LogP contribution < -0.4 is 21.3 Å². The number of hydrogen-bond donors (Lipinski definition) is 5. The molecule has 2 aliphatic heterocycles. The third-order valence-electron chi connectivity index (χ3n) is 17.9. The zero-order valence-electron chi connectivity index (χ0n) is 64.1. The van der Waals surface area contributed by atoms with Crippen LogP contribution in [-0.2, 0) is 57.5 Å². The van der Waals surface area contributed by atoms with Gasteiger partial charge in [-0.25, -0.2) is 4.79 Å². The fourth-order valence-corrected chi connectivity index (χ4v) is 11.8. The zero-order valence-corrected chi connectivity index (χ0v) is 64.1. The van der Waals surface area contributed by atoms with Crippen molar-refractivity contribution >= 4 is 83.2 Å². The number of carbonyl (C=O) groups excluding carboxylic acids is 12. The van der Waals surface area contributed by atoms with Crippen LogP contribution in [0.25, 0.3) is 0 Å². The largest absolute Gasteiger partial charge is 0.446 e. The first-order chi connectivity index (χ1) is 46.9. The van der Waals surface area contributed by atoms with Crippen molar-refractivity contribution in [3.05, 3.63) is 40.2 Å². The monoisotopic (exact) mass is 1430 g/mol. The minimum Gasteiger partial charge on any atom is -0.446 e. The second-order valence-electron chi connectivity index (χ2n) is 29.0. The predicted molar refractivity (Wildman–Crippen MR) is 379 cm³/mol. The van der Waals surface area contributed by atoms with Gasteiger partial charge in [0.25, 0.3) is 0 Å². The first kappa shape index (κ1) is 88.6. The van der Waals surface area contributed by atoms with Crippen molar-refractivity contribution in [3.8, 4) is 0 Å². The molecule has 0 bridgehead atoms. The number of likely N-dealkylation sites (N-methyl/N-ethyl adjacent to an activating group) is 7. The molecule has 0 radical (unpaired) electrons. The third-order valence-corrected chi connectivity index (χ3v) is 17.9. The molecular weight excluding hydrogens is 1310 g/mol. The Balaban J connectivity index is 0.00000187. The normalized spacial score (nSPS) is 25.1. The summed E-state index contributed by atoms with van der Waals surface area (Å²) < 4.78 is 9.44. The van der Waals surface area contributed by atoms with Crippen molar-refractivity contribution in [2.24, 2.45) is 46.5 Å². The lowest BCUT2D eigenvalue weighted by molar-refractivity contribution is -0.402. The molecule has 570 valence electrons. The topological polar surface area (TPSA) is 377 Å². The number of furan rings is 1. The average molecular weight is 1430 g/mol. The van der Waals surface area contributed by atoms with Gasteiger partial charge in [0.1, 0.15) is 71.9 Å². The fourth-order valence-electron chi connectivity index (χ4n) is 11.8. The highest BCUT2D eigenvalue weighted by Crippen LogP contribution is 2.26. The van der Waals surface area contributed by atoms with E-state index in [4.69, 9.17) is 4.42 Å². The summed E-state index contributed by atoms with van der Waals surface area (Å²) in [5, 5.41) is 38.2. The van der Waals surface area contributed by atoms with Crippen LogP contribution in [0, 0.1) is 51.5 Å². The van der Waals surface area contributed by atoms with Crippen LogP contribution in [0.15, 0.2) is 33.8 Å². The van der Waals surface area contributed by atoms with E-state index in [1.807, 2.05) is 61.5 Å². The van der Waals surface area contributed by atoms with E-state index < -0.39 is 167 Å². The van der Waals surface area contributed by atoms with E-state index in [9.17, 15) is 63.2 Å². The molecule has 2 aliphatic rings. The Kier molecular flexibility index (Phi) is 35.8. The van der Waals surface area contributed by atoms with Gasteiger partial charge in [0, 0.05) is 49.3 Å². The van der Waals surface area contributed by atoms with Gasteiger partial charge in [-0.1, -0.05) is 109 Å². The maximum absolute atomic E-state index is 15.1. The van der Waals surface area contributed by atoms with Gasteiger partial charge in [0.15, 0.2) is 5.76 Å². The molecule has 0 aromatic carbocycles. The molecule has 3 rings (SSSR count). The molecule has 12 amide bonds. The van der Waals surface area contributed by atoms with E-state index in [1.165, 1.54) is 106 Å². The number of hydrogen-bond acceptors (Lipinski definition) is 18. The number of cyclic esters (lactones) is 1. The van der Waals surface area contributed by atoms with Crippen molar-refractivity contribution in [1.82, 2.24) is 60.6 Å². The van der Waals surface area contributed by atoms with E-state index in [1.54, 1.807) is 54.5 Å². The van der Waals surface area contributed by atoms with Gasteiger partial charge >= 0.3 is 12.0 Å². The van der Waals surface area contributed by atoms with E-state index in [0.29, 0.717) is 13.0 Å². The second kappa shape index (κ2) is 40.8. The minimum absolute atomic E-state index is 0.0229. The van der Waals surface area contributed by atoms with Crippen molar-refractivity contribution in [2.75, 3.05) is 69.0 Å². The average Bonchev–Trinajstić information content (AvgIpc) is 1.46. The molecule has 1 aromatic heterocycles. The fraction of sp³-hybridized carbons (Fsp3) is 0.729. The van der Waals surface area contributed by atoms with Gasteiger partial charge in [-0.2, -0.15) is 10.1 Å². The maximum atomic E-state index is 15.1. The first-order valence-corrected chi connectivity index (χ1v) is 35.0. The van der Waals surface area contributed by atoms with Gasteiger partial charge in [0.2, 0.25) is 65.0 Å². The Morgan fingerprint density at radius 2 is 1.05 bits per heavy atom. The second-order valence-corrected chi connectivity index (χ2v) is 29.0. The van der Waals surface area contributed by atoms with Gasteiger partial charge < -0.3 is 69.8 Å². The molecule has 101 heavy (non-hydrogen) atoms. The van der Waals surface area contributed by atoms with E-state index >= 15 is 9.59 Å². The highest BCUT2D eigenvalue weighted by Gasteiger charge is 2.46. The summed E-state index contributed by atoms with van der Waals surface area (Å²) >= 11 is 0. The summed E-state index contributed by atoms with van der Waals surface area (Å²) in [6, 6.07) is -9.72. The smallest absolute Gasteiger partial charge is 0.433 e. The SMILES string of the molecule is CC=CCC(C)C(O)C1C(=O)NC(CC)C(=O)N(C)CC(=O)N(C)C(CC(C)C)C(=O)NC(C(C)C)C(=O)N(C)C(CC(C)C)C(=O)NC(C)C(=O)NC(C)C(=O)N(C)C(CC(C)C)C(=O)N(C)C(CC(C)C)C(=O)N(C)C(C(C)C)C(=O)N1C.O=C1OCCN1N=Cc1ccc([N+](=O)[O-])o1. The molecule has 0 aliphatic carbocycles. The number of aliphatic hydroxyl groups is 1. The zero-order chi connectivity index (χ0) is 77.5. The molecule has 0 spiro atoms. The molecular formula is C70H118N14O17. The number of nitro groups is 1. The molecule has 12 atom stereocenters. The summed E-state index contributed by atoms with van der Waals surface area (Å²) in [7, 11) is 9.92. The predicted octanol–water partition coefficient (Wildman–Crippen LogP) is 4.24. The van der Waals surface area contributed by atoms with Crippen molar-refractivity contribution < 1.29 is 76.7 Å². The standard InChI is InChI=1S/C62H111N11O12.C8H7N3O5/c1-25-27-28-40(15)52(75)51-56(79)65-43(26-2)58(81)67(18)33-48(74)68(19)44(29-34(3)4)55(78)66-49(38(11)12)61(84)69(20)45(30-35(5)6)54(77)63-41(16)53(76)64-42(17)57(80)70(21)46(31-36(7)8)59(82)71(22)47(32-37(9)10)60(83)72(23)50(39(13)14)62(85)73(51)24;12-8-10(3-4-15-8)9-5-6-1-2-7(16-6)11(13)14/h25,27,34-47,49-52,75H,26,28-33H2,1-24H3,(H,63,77)(H,64,76)(H,65,79)(H,66,78);1-2,5H,3-4H2. The van der Waals surface area contributed by atoms with Crippen LogP contribution in [0.4, 0.5) is 10.7 Å². The number of ether oxygens (including phenoxy) is 1. The lowest BCUT2D eigenvalue weighted by atomic mass is 9.91. The lowest BCUT2D eigenvalue weighted by Gasteiger charge is -2.41. The van der Waals surface area contributed by atoms with Gasteiger partial charge in [-0.15, -0.1) is 0 Å². The quantitative estimate of drug-likeness (QED) is 0.0594. The molecule has 2 fully saturated rings. The molecule has 2 saturated heterocycles. The maximum Gasteiger partial charge on any atom is 0.433 e. The van der Waals surface area contributed by atoms with Crippen LogP contribution in [0.3, 0.4) is 0 Å². The number of nitrogens with one attached hydrogen (secondary N) is 4. The molecule has 31 nitrogen and oxygen atoms in total. The highest BCUT2D eigenvalue weighted by atomic mass is 16.6. The molecule has 1 aromatic rings. The number of nitrogens with zero attached hydrogens (tertiary/aromatic N) is 10. The van der Waals surface area contributed by atoms with Gasteiger partial charge in [0.05, 0.1) is 31.5 Å². The van der Waals surface area contributed by atoms with Crippen LogP contribution in [0.2, 0.25) is 0 Å². The Hall–Kier alpha value is -8.51. The number of hydrazone groups is 1. The van der Waals surface area contributed by atoms with Crippen LogP contribution in [-0.4, -0.2) is 262 Å². The van der Waals surface area contributed by atoms with Gasteiger partial charge in [-0.05, 0) is 107 Å². The minimum atomic E-state index is -1.61. The summed E-state index contributed by atoms with van der Waals surface area (Å²) in [6.07, 6.45) is 3.72. The highest BCUT2D eigenvalue weighted by molar-refractivity contribution is 5.99. The number of carbonyl (C=O) groups is 12. The van der Waals surface area contributed by atoms with Crippen LogP contribution in [0.5, 0.6) is 0 Å². The molecule has 3 heterocycles. The number of allylic oxidation sites excluding steroid dienone is 2. The molecule has 12 unspecified atom stereocenters. The molecule has 5 N–H and O–H groups in total. The third kappa shape index (κ3) is 25.5. The lowest BCUT2D eigenvalue weighted by Crippen LogP contribution is -2.63. The van der Waals surface area contributed by atoms with Gasteiger partial charge in [-0.3, -0.25) is 62.9 Å². The van der Waals surface area contributed by atoms with Crippen molar-refractivity contribution in [2.45, 2.75) is 223 Å². The van der Waals surface area contributed by atoms with Crippen molar-refractivity contribution in [3.63, 3.8) is 0 Å². The molecule has 31 heteroatoms. The Labute approximate surface area is 596 Å². The van der Waals surface area contributed by atoms with E-state index in [2.05, 4.69) is 31.1 Å². The summed E-state index contributed by atoms with van der Waals surface area (Å²) in [5.41, 5.74) is 0. The number of rotatable bonds is 18. The summed E-state index contributed by atoms with van der Waals surface area (Å²) in [5.74, 6) is -9.88.